The molecule has 0 atom stereocenters. The van der Waals surface area contributed by atoms with Crippen molar-refractivity contribution in [3.8, 4) is 0 Å². The Hall–Kier alpha value is -0.300. The van der Waals surface area contributed by atoms with Crippen LogP contribution in [0.5, 0.6) is 0 Å². The van der Waals surface area contributed by atoms with E-state index in [4.69, 9.17) is 24.5 Å². The van der Waals surface area contributed by atoms with Crippen molar-refractivity contribution >= 4 is 13.6 Å². The zero-order chi connectivity index (χ0) is 9.49. The lowest BCUT2D eigenvalue weighted by Gasteiger charge is -1.84. The molecule has 0 bridgehead atoms. The predicted molar refractivity (Wildman–Crippen MR) is 34.7 cm³/mol. The Labute approximate surface area is 62.9 Å². The van der Waals surface area contributed by atoms with Crippen molar-refractivity contribution in [1.29, 1.82) is 0 Å². The van der Waals surface area contributed by atoms with Gasteiger partial charge >= 0.3 is 7.82 Å². The lowest BCUT2D eigenvalue weighted by Crippen LogP contribution is -2.15. The Bertz CT molecular complexity index is 144. The van der Waals surface area contributed by atoms with Crippen molar-refractivity contribution in [3.05, 3.63) is 0 Å². The second kappa shape index (κ2) is 6.41. The minimum atomic E-state index is -4.64. The van der Waals surface area contributed by atoms with Gasteiger partial charge < -0.3 is 19.9 Å². The molecule has 11 heavy (non-hydrogen) atoms. The highest BCUT2D eigenvalue weighted by Crippen LogP contribution is 2.25. The summed E-state index contributed by atoms with van der Waals surface area (Å²) in [5, 5.41) is 7.77. The minimum Gasteiger partial charge on any atom is -0.316 e. The normalized spacial score (nSPS) is 9.91. The lowest BCUT2D eigenvalue weighted by atomic mass is 10.5. The molecule has 0 fully saturated rings. The van der Waals surface area contributed by atoms with E-state index >= 15 is 0 Å². The number of hydrogen-bond acceptors (Lipinski definition) is 4. The highest BCUT2D eigenvalue weighted by Gasteiger charge is 2.00. The van der Waals surface area contributed by atoms with Crippen molar-refractivity contribution in [2.24, 2.45) is 0 Å². The van der Waals surface area contributed by atoms with Crippen LogP contribution in [0.2, 0.25) is 0 Å². The summed E-state index contributed by atoms with van der Waals surface area (Å²) in [5.74, 6) is -0.0718. The molecule has 0 aliphatic carbocycles. The molecular weight excluding hydrogens is 177 g/mol. The topological polar surface area (TPSA) is 127 Å². The molecule has 68 valence electrons. The third-order valence-corrected chi connectivity index (χ3v) is 0.328. The maximum absolute atomic E-state index is 9.82. The van der Waals surface area contributed by atoms with Gasteiger partial charge in [0, 0.05) is 0 Å². The van der Waals surface area contributed by atoms with Crippen LogP contribution >= 0.6 is 7.82 Å². The Morgan fingerprint density at radius 2 is 1.73 bits per heavy atom. The third-order valence-electron chi connectivity index (χ3n) is 0.328. The molecule has 0 rings (SSSR count). The van der Waals surface area contributed by atoms with Gasteiger partial charge in [0.1, 0.15) is 5.78 Å². The Kier molecular flexibility index (Phi) is 7.75. The van der Waals surface area contributed by atoms with Crippen molar-refractivity contribution < 1.29 is 29.2 Å². The van der Waals surface area contributed by atoms with Crippen LogP contribution in [-0.4, -0.2) is 32.2 Å². The molecule has 0 heterocycles. The molecule has 5 N–H and O–H groups in total. The smallest absolute Gasteiger partial charge is 0.316 e. The molecule has 0 aliphatic rings. The van der Waals surface area contributed by atoms with Crippen LogP contribution in [0.4, 0.5) is 0 Å². The SMILES string of the molecule is CC(=O)CNO.O=P(O)(O)O. The van der Waals surface area contributed by atoms with Gasteiger partial charge in [0.15, 0.2) is 0 Å². The van der Waals surface area contributed by atoms with E-state index in [1.165, 1.54) is 6.92 Å². The van der Waals surface area contributed by atoms with Gasteiger partial charge in [0.2, 0.25) is 0 Å². The number of hydrogen-bond donors (Lipinski definition) is 5. The second-order valence-electron chi connectivity index (χ2n) is 1.55. The van der Waals surface area contributed by atoms with Crippen LogP contribution in [0, 0.1) is 0 Å². The molecule has 0 aromatic carbocycles. The first-order chi connectivity index (χ1) is 4.77. The maximum atomic E-state index is 9.82. The first-order valence-corrected chi connectivity index (χ1v) is 3.98. The number of nitrogens with one attached hydrogen (secondary N) is 1. The van der Waals surface area contributed by atoms with E-state index in [-0.39, 0.29) is 12.3 Å². The maximum Gasteiger partial charge on any atom is 0.466 e. The largest absolute Gasteiger partial charge is 0.466 e. The van der Waals surface area contributed by atoms with Gasteiger partial charge in [0.05, 0.1) is 6.54 Å². The summed E-state index contributed by atoms with van der Waals surface area (Å²) in [6.45, 7) is 1.43. The second-order valence-corrected chi connectivity index (χ2v) is 2.58. The number of Topliss-reactive ketones (excluding diaryl/α,β-unsaturated/α-hetero) is 1. The van der Waals surface area contributed by atoms with E-state index < -0.39 is 7.82 Å². The summed E-state index contributed by atoms with van der Waals surface area (Å²) in [4.78, 5) is 31.4. The van der Waals surface area contributed by atoms with Crippen molar-refractivity contribution in [1.82, 2.24) is 5.48 Å². The molecule has 0 aliphatic heterocycles. The summed E-state index contributed by atoms with van der Waals surface area (Å²) in [5.41, 5.74) is 1.72. The van der Waals surface area contributed by atoms with E-state index in [2.05, 4.69) is 0 Å². The third kappa shape index (κ3) is 78.9. The van der Waals surface area contributed by atoms with Gasteiger partial charge in [-0.3, -0.25) is 4.79 Å². The monoisotopic (exact) mass is 187 g/mol. The van der Waals surface area contributed by atoms with E-state index in [0.717, 1.165) is 0 Å². The van der Waals surface area contributed by atoms with Crippen molar-refractivity contribution in [3.63, 3.8) is 0 Å². The Morgan fingerprint density at radius 3 is 1.73 bits per heavy atom. The molecule has 0 aromatic rings. The average Bonchev–Trinajstić information content (AvgIpc) is 1.58. The quantitative estimate of drug-likeness (QED) is 0.266. The number of hydroxylamine groups is 1. The molecule has 0 spiro atoms. The van der Waals surface area contributed by atoms with E-state index in [1.807, 2.05) is 0 Å². The number of rotatable bonds is 2. The fraction of sp³-hybridized carbons (Fsp3) is 0.667. The Morgan fingerprint density at radius 1 is 1.45 bits per heavy atom. The summed E-state index contributed by atoms with van der Waals surface area (Å²) in [6.07, 6.45) is 0. The molecule has 0 radical (unpaired) electrons. The first-order valence-electron chi connectivity index (χ1n) is 2.42. The fourth-order valence-corrected chi connectivity index (χ4v) is 0.111. The highest BCUT2D eigenvalue weighted by atomic mass is 31.2. The standard InChI is InChI=1S/C3H7NO2.H3O4P/c1-3(5)2-4-6;1-5(2,3)4/h4,6H,2H2,1H3;(H3,1,2,3,4). The first kappa shape index (κ1) is 13.3. The van der Waals surface area contributed by atoms with Gasteiger partial charge in [-0.25, -0.2) is 4.57 Å². The van der Waals surface area contributed by atoms with Crippen molar-refractivity contribution in [2.45, 2.75) is 6.92 Å². The van der Waals surface area contributed by atoms with Crippen LogP contribution in [-0.2, 0) is 9.36 Å². The van der Waals surface area contributed by atoms with E-state index in [0.29, 0.717) is 0 Å². The average molecular weight is 187 g/mol. The molecule has 0 amide bonds. The molecular formula is C3H10NO6P. The number of carbonyl (C=O) groups is 1. The van der Waals surface area contributed by atoms with E-state index in [1.54, 1.807) is 5.48 Å². The Balaban J connectivity index is 0. The van der Waals surface area contributed by atoms with Crippen LogP contribution in [0.15, 0.2) is 0 Å². The minimum absolute atomic E-state index is 0.0417. The molecule has 0 aromatic heterocycles. The van der Waals surface area contributed by atoms with Crippen LogP contribution in [0.3, 0.4) is 0 Å². The lowest BCUT2D eigenvalue weighted by molar-refractivity contribution is -0.117. The van der Waals surface area contributed by atoms with Crippen molar-refractivity contribution in [2.75, 3.05) is 6.54 Å². The highest BCUT2D eigenvalue weighted by molar-refractivity contribution is 7.45. The number of ketones is 1. The van der Waals surface area contributed by atoms with Crippen LogP contribution < -0.4 is 5.48 Å². The van der Waals surface area contributed by atoms with Gasteiger partial charge in [-0.2, -0.15) is 5.48 Å². The summed E-state index contributed by atoms with van der Waals surface area (Å²) in [6, 6.07) is 0. The summed E-state index contributed by atoms with van der Waals surface area (Å²) in [7, 11) is -4.64. The number of carbonyl (C=O) groups excluding carboxylic acids is 1. The van der Waals surface area contributed by atoms with Gasteiger partial charge in [-0.05, 0) is 6.92 Å². The van der Waals surface area contributed by atoms with Crippen LogP contribution in [0.25, 0.3) is 0 Å². The zero-order valence-corrected chi connectivity index (χ0v) is 6.65. The fourth-order valence-electron chi connectivity index (χ4n) is 0.111. The molecule has 7 nitrogen and oxygen atoms in total. The van der Waals surface area contributed by atoms with E-state index in [9.17, 15) is 4.79 Å². The van der Waals surface area contributed by atoms with Gasteiger partial charge in [-0.1, -0.05) is 0 Å². The van der Waals surface area contributed by atoms with Crippen LogP contribution in [0.1, 0.15) is 6.92 Å². The van der Waals surface area contributed by atoms with Gasteiger partial charge in [0.25, 0.3) is 0 Å². The summed E-state index contributed by atoms with van der Waals surface area (Å²) >= 11 is 0. The van der Waals surface area contributed by atoms with Gasteiger partial charge in [-0.15, -0.1) is 0 Å². The number of phosphoric acid groups is 1. The summed E-state index contributed by atoms with van der Waals surface area (Å²) < 4.78 is 8.88. The molecule has 0 saturated heterocycles. The zero-order valence-electron chi connectivity index (χ0n) is 5.76. The predicted octanol–water partition coefficient (Wildman–Crippen LogP) is -1.37. The molecule has 0 saturated carbocycles. The molecule has 8 heteroatoms. The molecule has 0 unspecified atom stereocenters.